The topological polar surface area (TPSA) is 62.1 Å². The molecule has 0 heterocycles. The van der Waals surface area contributed by atoms with Crippen molar-refractivity contribution >= 4 is 6.09 Å². The summed E-state index contributed by atoms with van der Waals surface area (Å²) in [6.07, 6.45) is -0.488. The van der Waals surface area contributed by atoms with E-state index in [1.807, 2.05) is 0 Å². The molecule has 0 radical (unpaired) electrons. The molecule has 0 spiro atoms. The predicted octanol–water partition coefficient (Wildman–Crippen LogP) is 2.45. The molecule has 0 aliphatic rings. The zero-order valence-corrected chi connectivity index (χ0v) is 10.3. The van der Waals surface area contributed by atoms with Crippen LogP contribution in [0.3, 0.4) is 0 Å². The van der Waals surface area contributed by atoms with Crippen molar-refractivity contribution in [2.75, 3.05) is 0 Å². The molecule has 15 heavy (non-hydrogen) atoms. The Labute approximate surface area is 91.6 Å². The number of ether oxygens (including phenoxy) is 1. The fourth-order valence-electron chi connectivity index (χ4n) is 0.762. The van der Waals surface area contributed by atoms with Crippen molar-refractivity contribution in [3.63, 3.8) is 0 Å². The third kappa shape index (κ3) is 5.26. The molecule has 0 aliphatic heterocycles. The van der Waals surface area contributed by atoms with E-state index in [0.717, 1.165) is 0 Å². The van der Waals surface area contributed by atoms with E-state index in [2.05, 4.69) is 11.4 Å². The third-order valence-corrected chi connectivity index (χ3v) is 2.10. The lowest BCUT2D eigenvalue weighted by Gasteiger charge is -2.27. The fourth-order valence-corrected chi connectivity index (χ4v) is 0.762. The molecule has 0 saturated carbocycles. The van der Waals surface area contributed by atoms with Gasteiger partial charge in [-0.3, -0.25) is 0 Å². The molecule has 0 rings (SSSR count). The van der Waals surface area contributed by atoms with Crippen molar-refractivity contribution < 1.29 is 9.53 Å². The molecular weight excluding hydrogens is 192 g/mol. The Morgan fingerprint density at radius 1 is 1.33 bits per heavy atom. The van der Waals surface area contributed by atoms with E-state index < -0.39 is 17.1 Å². The number of nitrogens with zero attached hydrogens (tertiary/aromatic N) is 1. The molecule has 1 amide bonds. The monoisotopic (exact) mass is 212 g/mol. The van der Waals surface area contributed by atoms with E-state index in [-0.39, 0.29) is 6.04 Å². The first kappa shape index (κ1) is 13.8. The lowest BCUT2D eigenvalue weighted by Crippen LogP contribution is -2.44. The number of alkyl carbamates (subject to hydrolysis) is 1. The lowest BCUT2D eigenvalue weighted by atomic mass is 9.87. The quantitative estimate of drug-likeness (QED) is 0.764. The average Bonchev–Trinajstić information content (AvgIpc) is 2.00. The van der Waals surface area contributed by atoms with Crippen molar-refractivity contribution in [3.05, 3.63) is 0 Å². The number of amides is 1. The van der Waals surface area contributed by atoms with Gasteiger partial charge in [-0.1, -0.05) is 0 Å². The van der Waals surface area contributed by atoms with Gasteiger partial charge in [0.25, 0.3) is 0 Å². The minimum atomic E-state index is -0.600. The minimum Gasteiger partial charge on any atom is -0.444 e. The number of carbonyl (C=O) groups excluding carboxylic acids is 1. The van der Waals surface area contributed by atoms with Gasteiger partial charge in [0, 0.05) is 6.04 Å². The molecule has 0 aliphatic carbocycles. The van der Waals surface area contributed by atoms with Gasteiger partial charge >= 0.3 is 6.09 Å². The summed E-state index contributed by atoms with van der Waals surface area (Å²) < 4.78 is 5.09. The van der Waals surface area contributed by atoms with Gasteiger partial charge in [0.15, 0.2) is 0 Å². The van der Waals surface area contributed by atoms with Crippen molar-refractivity contribution in [2.45, 2.75) is 53.2 Å². The standard InChI is InChI=1S/C11H20N2O2/c1-8(11(5,6)7-12)13-9(14)15-10(2,3)4/h8H,1-6H3,(H,13,14)/t8-/m1/s1. The molecule has 4 nitrogen and oxygen atoms in total. The second-order valence-corrected chi connectivity index (χ2v) is 5.20. The number of hydrogen-bond acceptors (Lipinski definition) is 3. The van der Waals surface area contributed by atoms with Gasteiger partial charge in [-0.05, 0) is 41.5 Å². The molecule has 4 heteroatoms. The van der Waals surface area contributed by atoms with E-state index in [4.69, 9.17) is 10.00 Å². The molecule has 0 aromatic heterocycles. The fraction of sp³-hybridized carbons (Fsp3) is 0.818. The van der Waals surface area contributed by atoms with Crippen LogP contribution in [0, 0.1) is 16.7 Å². The van der Waals surface area contributed by atoms with E-state index in [0.29, 0.717) is 0 Å². The van der Waals surface area contributed by atoms with Crippen LogP contribution in [0.15, 0.2) is 0 Å². The van der Waals surface area contributed by atoms with Crippen LogP contribution in [0.25, 0.3) is 0 Å². The third-order valence-electron chi connectivity index (χ3n) is 2.10. The average molecular weight is 212 g/mol. The van der Waals surface area contributed by atoms with Crippen LogP contribution in [0.1, 0.15) is 41.5 Å². The highest BCUT2D eigenvalue weighted by atomic mass is 16.6. The molecule has 0 unspecified atom stereocenters. The first-order chi connectivity index (χ1) is 6.58. The van der Waals surface area contributed by atoms with E-state index >= 15 is 0 Å². The largest absolute Gasteiger partial charge is 0.444 e. The highest BCUT2D eigenvalue weighted by Crippen LogP contribution is 2.19. The number of rotatable bonds is 2. The van der Waals surface area contributed by atoms with Gasteiger partial charge < -0.3 is 10.1 Å². The molecule has 86 valence electrons. The summed E-state index contributed by atoms with van der Waals surface area (Å²) in [7, 11) is 0. The Bertz CT molecular complexity index is 271. The second kappa shape index (κ2) is 4.52. The molecule has 1 N–H and O–H groups in total. The highest BCUT2D eigenvalue weighted by Gasteiger charge is 2.28. The van der Waals surface area contributed by atoms with Crippen LogP contribution < -0.4 is 5.32 Å². The number of hydrogen-bond donors (Lipinski definition) is 1. The van der Waals surface area contributed by atoms with Gasteiger partial charge in [-0.15, -0.1) is 0 Å². The first-order valence-electron chi connectivity index (χ1n) is 4.99. The molecule has 0 saturated heterocycles. The zero-order chi connectivity index (χ0) is 12.3. The van der Waals surface area contributed by atoms with Crippen molar-refractivity contribution in [1.29, 1.82) is 5.26 Å². The number of carbonyl (C=O) groups is 1. The number of nitriles is 1. The van der Waals surface area contributed by atoms with Gasteiger partial charge in [-0.25, -0.2) is 4.79 Å². The summed E-state index contributed by atoms with van der Waals surface area (Å²) in [6.45, 7) is 10.7. The number of nitrogens with one attached hydrogen (secondary N) is 1. The normalized spacial score (nSPS) is 13.9. The second-order valence-electron chi connectivity index (χ2n) is 5.20. The van der Waals surface area contributed by atoms with Crippen LogP contribution in [0.2, 0.25) is 0 Å². The van der Waals surface area contributed by atoms with Crippen LogP contribution in [-0.2, 0) is 4.74 Å². The predicted molar refractivity (Wildman–Crippen MR) is 58.2 cm³/mol. The Morgan fingerprint density at radius 3 is 2.13 bits per heavy atom. The Morgan fingerprint density at radius 2 is 1.80 bits per heavy atom. The Hall–Kier alpha value is -1.24. The summed E-state index contributed by atoms with van der Waals surface area (Å²) in [5.74, 6) is 0. The molecule has 0 bridgehead atoms. The Kier molecular flexibility index (Phi) is 4.15. The maximum absolute atomic E-state index is 11.4. The van der Waals surface area contributed by atoms with Crippen molar-refractivity contribution in [2.24, 2.45) is 5.41 Å². The van der Waals surface area contributed by atoms with Crippen LogP contribution >= 0.6 is 0 Å². The zero-order valence-electron chi connectivity index (χ0n) is 10.3. The van der Waals surface area contributed by atoms with Gasteiger partial charge in [0.05, 0.1) is 11.5 Å². The Balaban J connectivity index is 4.27. The molecule has 1 atom stereocenters. The summed E-state index contributed by atoms with van der Waals surface area (Å²) in [4.78, 5) is 11.4. The molecule has 0 aromatic carbocycles. The van der Waals surface area contributed by atoms with E-state index in [1.165, 1.54) is 0 Å². The molecule has 0 aromatic rings. The SMILES string of the molecule is C[C@@H](NC(=O)OC(C)(C)C)C(C)(C)C#N. The van der Waals surface area contributed by atoms with Crippen LogP contribution in [0.5, 0.6) is 0 Å². The summed E-state index contributed by atoms with van der Waals surface area (Å²) >= 11 is 0. The smallest absolute Gasteiger partial charge is 0.407 e. The summed E-state index contributed by atoms with van der Waals surface area (Å²) in [6, 6.07) is 1.89. The highest BCUT2D eigenvalue weighted by molar-refractivity contribution is 5.68. The summed E-state index contributed by atoms with van der Waals surface area (Å²) in [5, 5.41) is 11.5. The van der Waals surface area contributed by atoms with Crippen molar-refractivity contribution in [1.82, 2.24) is 5.32 Å². The molecular formula is C11H20N2O2. The van der Waals surface area contributed by atoms with Crippen LogP contribution in [0.4, 0.5) is 4.79 Å². The lowest BCUT2D eigenvalue weighted by molar-refractivity contribution is 0.0483. The maximum atomic E-state index is 11.4. The van der Waals surface area contributed by atoms with Gasteiger partial charge in [0.2, 0.25) is 0 Å². The maximum Gasteiger partial charge on any atom is 0.407 e. The van der Waals surface area contributed by atoms with E-state index in [1.54, 1.807) is 41.5 Å². The van der Waals surface area contributed by atoms with Crippen LogP contribution in [-0.4, -0.2) is 17.7 Å². The van der Waals surface area contributed by atoms with E-state index in [9.17, 15) is 4.79 Å². The first-order valence-corrected chi connectivity index (χ1v) is 4.99. The summed E-state index contributed by atoms with van der Waals surface area (Å²) in [5.41, 5.74) is -1.11. The minimum absolute atomic E-state index is 0.252. The van der Waals surface area contributed by atoms with Gasteiger partial charge in [0.1, 0.15) is 5.60 Å². The van der Waals surface area contributed by atoms with Gasteiger partial charge in [-0.2, -0.15) is 5.26 Å². The molecule has 0 fully saturated rings. The van der Waals surface area contributed by atoms with Crippen molar-refractivity contribution in [3.8, 4) is 6.07 Å².